The SMILES string of the molecule is COCCN(C(=O)CSc1nncn1-c1ccc(C)cc1)c1c(N)n(CC(C)C)c(=O)[nH]c1=O. The van der Waals surface area contributed by atoms with Gasteiger partial charge in [-0.05, 0) is 25.0 Å². The molecule has 0 aliphatic carbocycles. The molecule has 12 heteroatoms. The number of methoxy groups -OCH3 is 1. The van der Waals surface area contributed by atoms with Gasteiger partial charge in [-0.1, -0.05) is 43.3 Å². The molecular weight excluding hydrogens is 458 g/mol. The van der Waals surface area contributed by atoms with Crippen molar-refractivity contribution >= 4 is 29.2 Å². The minimum absolute atomic E-state index is 0.0313. The lowest BCUT2D eigenvalue weighted by atomic mass is 10.2. The van der Waals surface area contributed by atoms with Crippen molar-refractivity contribution in [3.05, 3.63) is 57.0 Å². The van der Waals surface area contributed by atoms with Crippen LogP contribution in [-0.2, 0) is 16.1 Å². The number of benzene rings is 1. The lowest BCUT2D eigenvalue weighted by molar-refractivity contribution is -0.116. The predicted molar refractivity (Wildman–Crippen MR) is 132 cm³/mol. The van der Waals surface area contributed by atoms with Gasteiger partial charge in [0, 0.05) is 25.9 Å². The van der Waals surface area contributed by atoms with Gasteiger partial charge in [0.2, 0.25) is 5.91 Å². The van der Waals surface area contributed by atoms with Crippen molar-refractivity contribution in [1.29, 1.82) is 0 Å². The fourth-order valence-electron chi connectivity index (χ4n) is 3.34. The van der Waals surface area contributed by atoms with Crippen molar-refractivity contribution in [3.8, 4) is 5.69 Å². The summed E-state index contributed by atoms with van der Waals surface area (Å²) >= 11 is 1.18. The Bertz CT molecular complexity index is 1250. The Balaban J connectivity index is 1.89. The molecule has 0 bridgehead atoms. The second-order valence-electron chi connectivity index (χ2n) is 8.14. The number of aryl methyl sites for hydroxylation is 1. The molecule has 0 aliphatic heterocycles. The molecule has 0 spiro atoms. The molecule has 0 saturated heterocycles. The van der Waals surface area contributed by atoms with E-state index in [1.807, 2.05) is 45.0 Å². The van der Waals surface area contributed by atoms with Gasteiger partial charge < -0.3 is 15.4 Å². The molecule has 0 atom stereocenters. The molecule has 182 valence electrons. The molecule has 1 aromatic carbocycles. The molecule has 11 nitrogen and oxygen atoms in total. The number of aromatic nitrogens is 5. The number of hydrogen-bond donors (Lipinski definition) is 2. The number of amides is 1. The Morgan fingerprint density at radius 2 is 1.97 bits per heavy atom. The first-order valence-corrected chi connectivity index (χ1v) is 11.7. The highest BCUT2D eigenvalue weighted by molar-refractivity contribution is 7.99. The third kappa shape index (κ3) is 5.75. The van der Waals surface area contributed by atoms with Crippen LogP contribution < -0.4 is 21.9 Å². The number of carbonyl (C=O) groups excluding carboxylic acids is 1. The van der Waals surface area contributed by atoms with Crippen LogP contribution in [0.15, 0.2) is 45.3 Å². The fraction of sp³-hybridized carbons (Fsp3) is 0.409. The maximum atomic E-state index is 13.3. The number of anilines is 2. The largest absolute Gasteiger partial charge is 0.383 e. The molecule has 0 fully saturated rings. The molecule has 2 heterocycles. The summed E-state index contributed by atoms with van der Waals surface area (Å²) in [7, 11) is 1.49. The summed E-state index contributed by atoms with van der Waals surface area (Å²) in [5, 5.41) is 8.60. The van der Waals surface area contributed by atoms with Gasteiger partial charge >= 0.3 is 5.69 Å². The van der Waals surface area contributed by atoms with E-state index < -0.39 is 11.2 Å². The molecule has 34 heavy (non-hydrogen) atoms. The highest BCUT2D eigenvalue weighted by Crippen LogP contribution is 2.23. The van der Waals surface area contributed by atoms with Crippen LogP contribution in [0.4, 0.5) is 11.5 Å². The number of H-pyrrole nitrogens is 1. The first kappa shape index (κ1) is 25.2. The summed E-state index contributed by atoms with van der Waals surface area (Å²) in [6.07, 6.45) is 1.57. The monoisotopic (exact) mass is 487 g/mol. The van der Waals surface area contributed by atoms with Gasteiger partial charge in [-0.25, -0.2) is 4.79 Å². The fourth-order valence-corrected chi connectivity index (χ4v) is 4.14. The summed E-state index contributed by atoms with van der Waals surface area (Å²) < 4.78 is 8.18. The van der Waals surface area contributed by atoms with Gasteiger partial charge in [0.1, 0.15) is 12.1 Å². The summed E-state index contributed by atoms with van der Waals surface area (Å²) in [5.41, 5.74) is 6.81. The molecule has 0 radical (unpaired) electrons. The molecular formula is C22H29N7O4S. The number of ether oxygens (including phenoxy) is 1. The molecule has 2 aromatic heterocycles. The molecule has 3 N–H and O–H groups in total. The first-order valence-electron chi connectivity index (χ1n) is 10.7. The zero-order valence-electron chi connectivity index (χ0n) is 19.6. The van der Waals surface area contributed by atoms with Crippen molar-refractivity contribution < 1.29 is 9.53 Å². The van der Waals surface area contributed by atoms with Gasteiger partial charge in [-0.2, -0.15) is 0 Å². The highest BCUT2D eigenvalue weighted by atomic mass is 32.2. The Morgan fingerprint density at radius 3 is 2.62 bits per heavy atom. The average molecular weight is 488 g/mol. The Hall–Kier alpha value is -3.38. The minimum atomic E-state index is -0.722. The first-order chi connectivity index (χ1) is 16.2. The zero-order chi connectivity index (χ0) is 24.8. The maximum Gasteiger partial charge on any atom is 0.330 e. The topological polar surface area (TPSA) is 141 Å². The maximum absolute atomic E-state index is 13.3. The number of rotatable bonds is 10. The van der Waals surface area contributed by atoms with Gasteiger partial charge in [-0.15, -0.1) is 10.2 Å². The van der Waals surface area contributed by atoms with E-state index in [0.29, 0.717) is 11.7 Å². The van der Waals surface area contributed by atoms with E-state index in [2.05, 4.69) is 15.2 Å². The Morgan fingerprint density at radius 1 is 1.26 bits per heavy atom. The Kier molecular flexibility index (Phi) is 8.29. The normalized spacial score (nSPS) is 11.2. The van der Waals surface area contributed by atoms with Crippen LogP contribution in [0.1, 0.15) is 19.4 Å². The lowest BCUT2D eigenvalue weighted by Crippen LogP contribution is -2.43. The number of thioether (sulfide) groups is 1. The van der Waals surface area contributed by atoms with E-state index in [1.165, 1.54) is 28.3 Å². The molecule has 0 aliphatic rings. The van der Waals surface area contributed by atoms with Crippen LogP contribution in [0.3, 0.4) is 0 Å². The number of hydrogen-bond acceptors (Lipinski definition) is 8. The summed E-state index contributed by atoms with van der Waals surface area (Å²) in [4.78, 5) is 41.8. The number of aromatic amines is 1. The van der Waals surface area contributed by atoms with Gasteiger partial charge in [0.25, 0.3) is 5.56 Å². The van der Waals surface area contributed by atoms with Crippen LogP contribution in [0.2, 0.25) is 0 Å². The highest BCUT2D eigenvalue weighted by Gasteiger charge is 2.25. The molecule has 3 aromatic rings. The quantitative estimate of drug-likeness (QED) is 0.409. The van der Waals surface area contributed by atoms with Crippen molar-refractivity contribution in [3.63, 3.8) is 0 Å². The van der Waals surface area contributed by atoms with Gasteiger partial charge in [0.15, 0.2) is 10.8 Å². The summed E-state index contributed by atoms with van der Waals surface area (Å²) in [6.45, 7) is 6.41. The second-order valence-corrected chi connectivity index (χ2v) is 9.09. The standard InChI is InChI=1S/C22H29N7O4S/c1-14(2)11-28-19(23)18(20(31)25-21(28)32)27(9-10-33-4)17(30)12-34-22-26-24-13-29(22)16-7-5-15(3)6-8-16/h5-8,13-14H,9-12,23H2,1-4H3,(H,25,31,32). The number of nitrogens with one attached hydrogen (secondary N) is 1. The van der Waals surface area contributed by atoms with Crippen molar-refractivity contribution in [2.45, 2.75) is 32.5 Å². The molecule has 0 saturated carbocycles. The summed E-state index contributed by atoms with van der Waals surface area (Å²) in [5.74, 6) is -0.367. The molecule has 1 amide bonds. The van der Waals surface area contributed by atoms with Crippen LogP contribution >= 0.6 is 11.8 Å². The molecule has 0 unspecified atom stereocenters. The van der Waals surface area contributed by atoms with Crippen LogP contribution in [0.25, 0.3) is 5.69 Å². The van der Waals surface area contributed by atoms with Crippen LogP contribution in [0, 0.1) is 12.8 Å². The number of carbonyl (C=O) groups is 1. The van der Waals surface area contributed by atoms with E-state index in [9.17, 15) is 14.4 Å². The van der Waals surface area contributed by atoms with E-state index in [0.717, 1.165) is 11.3 Å². The van der Waals surface area contributed by atoms with Crippen molar-refractivity contribution in [2.24, 2.45) is 5.92 Å². The third-order valence-electron chi connectivity index (χ3n) is 5.01. The van der Waals surface area contributed by atoms with Crippen molar-refractivity contribution in [1.82, 2.24) is 24.3 Å². The number of nitrogens with two attached hydrogens (primary N) is 1. The lowest BCUT2D eigenvalue weighted by Gasteiger charge is -2.24. The smallest absolute Gasteiger partial charge is 0.330 e. The van der Waals surface area contributed by atoms with Gasteiger partial charge in [-0.3, -0.25) is 23.7 Å². The summed E-state index contributed by atoms with van der Waals surface area (Å²) in [6, 6.07) is 7.83. The van der Waals surface area contributed by atoms with Crippen LogP contribution in [0.5, 0.6) is 0 Å². The van der Waals surface area contributed by atoms with E-state index in [-0.39, 0.29) is 42.2 Å². The van der Waals surface area contributed by atoms with E-state index >= 15 is 0 Å². The van der Waals surface area contributed by atoms with Crippen LogP contribution in [-0.4, -0.2) is 56.2 Å². The average Bonchev–Trinajstić information content (AvgIpc) is 3.26. The minimum Gasteiger partial charge on any atom is -0.383 e. The zero-order valence-corrected chi connectivity index (χ0v) is 20.5. The number of nitrogen functional groups attached to an aromatic ring is 1. The van der Waals surface area contributed by atoms with E-state index in [4.69, 9.17) is 10.5 Å². The number of nitrogens with zero attached hydrogens (tertiary/aromatic N) is 5. The van der Waals surface area contributed by atoms with Gasteiger partial charge in [0.05, 0.1) is 12.4 Å². The second kappa shape index (κ2) is 11.2. The molecule has 3 rings (SSSR count). The predicted octanol–water partition coefficient (Wildman–Crippen LogP) is 1.44. The van der Waals surface area contributed by atoms with Crippen molar-refractivity contribution in [2.75, 3.05) is 36.6 Å². The Labute approximate surface area is 200 Å². The third-order valence-corrected chi connectivity index (χ3v) is 5.93. The van der Waals surface area contributed by atoms with E-state index in [1.54, 1.807) is 10.9 Å².